The fraction of sp³-hybridized carbons (Fsp3) is 0.0909. The average molecular weight is 412 g/mol. The molecule has 0 saturated carbocycles. The Hall–Kier alpha value is -3.51. The molecule has 0 atom stereocenters. The summed E-state index contributed by atoms with van der Waals surface area (Å²) in [4.78, 5) is 25.1. The number of phenolic OH excluding ortho intramolecular Hbond substituents is 1. The molecule has 0 unspecified atom stereocenters. The highest BCUT2D eigenvalue weighted by Crippen LogP contribution is 2.27. The molecule has 1 amide bonds. The summed E-state index contributed by atoms with van der Waals surface area (Å²) in [6, 6.07) is 17.8. The molecule has 148 valence electrons. The molecule has 0 heterocycles. The molecule has 3 aromatic rings. The second-order valence-electron chi connectivity index (χ2n) is 6.06. The number of nitrogens with one attached hydrogen (secondary N) is 1. The van der Waals surface area contributed by atoms with Gasteiger partial charge in [-0.2, -0.15) is 0 Å². The number of methoxy groups -OCH3 is 1. The van der Waals surface area contributed by atoms with Gasteiger partial charge in [-0.3, -0.25) is 4.79 Å². The van der Waals surface area contributed by atoms with E-state index >= 15 is 0 Å². The van der Waals surface area contributed by atoms with Crippen LogP contribution in [0, 0.1) is 0 Å². The van der Waals surface area contributed by atoms with Gasteiger partial charge in [-0.05, 0) is 42.0 Å². The first-order chi connectivity index (χ1) is 14.0. The average Bonchev–Trinajstić information content (AvgIpc) is 2.72. The van der Waals surface area contributed by atoms with Crippen molar-refractivity contribution in [2.75, 3.05) is 12.4 Å². The summed E-state index contributed by atoms with van der Waals surface area (Å²) in [6.45, 7) is 0.0287. The Balaban J connectivity index is 1.77. The highest BCUT2D eigenvalue weighted by atomic mass is 35.5. The monoisotopic (exact) mass is 411 g/mol. The van der Waals surface area contributed by atoms with E-state index in [0.717, 1.165) is 5.56 Å². The van der Waals surface area contributed by atoms with Crippen LogP contribution in [0.3, 0.4) is 0 Å². The number of hydrogen-bond donors (Lipinski definition) is 2. The predicted octanol–water partition coefficient (Wildman–Crippen LogP) is 4.66. The van der Waals surface area contributed by atoms with E-state index < -0.39 is 11.9 Å². The lowest BCUT2D eigenvalue weighted by Crippen LogP contribution is -2.16. The van der Waals surface area contributed by atoms with Crippen LogP contribution in [0.2, 0.25) is 5.02 Å². The summed E-state index contributed by atoms with van der Waals surface area (Å²) in [5.41, 5.74) is 1.06. The molecule has 29 heavy (non-hydrogen) atoms. The molecule has 0 bridgehead atoms. The third kappa shape index (κ3) is 4.86. The standard InChI is InChI=1S/C22H18ClNO5/c1-28-15-11-9-14(10-12-15)13-29-22(27)20-17(23)6-4-7-18(20)24-21(26)16-5-2-3-8-19(16)25/h2-12,25H,13H2,1H3,(H,24,26). The molecule has 6 nitrogen and oxygen atoms in total. The molecule has 0 spiro atoms. The Bertz CT molecular complexity index is 1030. The number of halogens is 1. The molecule has 7 heteroatoms. The zero-order valence-electron chi connectivity index (χ0n) is 15.5. The van der Waals surface area contributed by atoms with Gasteiger partial charge in [-0.15, -0.1) is 0 Å². The van der Waals surface area contributed by atoms with Gasteiger partial charge < -0.3 is 19.9 Å². The fourth-order valence-corrected chi connectivity index (χ4v) is 2.89. The second kappa shape index (κ2) is 9.12. The van der Waals surface area contributed by atoms with Crippen molar-refractivity contribution >= 4 is 29.2 Å². The van der Waals surface area contributed by atoms with E-state index in [1.165, 1.54) is 24.3 Å². The molecule has 0 fully saturated rings. The summed E-state index contributed by atoms with van der Waals surface area (Å²) in [5.74, 6) is -0.732. The number of para-hydroxylation sites is 1. The molecule has 2 N–H and O–H groups in total. The molecule has 0 radical (unpaired) electrons. The Morgan fingerprint density at radius 1 is 1.00 bits per heavy atom. The zero-order valence-corrected chi connectivity index (χ0v) is 16.3. The largest absolute Gasteiger partial charge is 0.507 e. The van der Waals surface area contributed by atoms with Crippen LogP contribution in [0.1, 0.15) is 26.3 Å². The van der Waals surface area contributed by atoms with Crippen LogP contribution < -0.4 is 10.1 Å². The van der Waals surface area contributed by atoms with E-state index in [1.807, 2.05) is 0 Å². The van der Waals surface area contributed by atoms with E-state index in [-0.39, 0.29) is 34.2 Å². The van der Waals surface area contributed by atoms with Crippen LogP contribution in [-0.4, -0.2) is 24.1 Å². The summed E-state index contributed by atoms with van der Waals surface area (Å²) in [7, 11) is 1.57. The van der Waals surface area contributed by atoms with Crippen molar-refractivity contribution in [3.63, 3.8) is 0 Å². The van der Waals surface area contributed by atoms with Gasteiger partial charge in [-0.25, -0.2) is 4.79 Å². The fourth-order valence-electron chi connectivity index (χ4n) is 2.63. The number of carbonyl (C=O) groups excluding carboxylic acids is 2. The smallest absolute Gasteiger partial charge is 0.342 e. The molecular weight excluding hydrogens is 394 g/mol. The molecule has 3 rings (SSSR count). The lowest BCUT2D eigenvalue weighted by Gasteiger charge is -2.13. The molecule has 0 aliphatic rings. The molecule has 3 aromatic carbocycles. The number of ether oxygens (including phenoxy) is 2. The highest BCUT2D eigenvalue weighted by molar-refractivity contribution is 6.34. The van der Waals surface area contributed by atoms with Gasteiger partial charge >= 0.3 is 5.97 Å². The van der Waals surface area contributed by atoms with Gasteiger partial charge in [0.05, 0.1) is 23.4 Å². The van der Waals surface area contributed by atoms with Gasteiger partial charge in [-0.1, -0.05) is 41.9 Å². The van der Waals surface area contributed by atoms with Gasteiger partial charge in [0.15, 0.2) is 0 Å². The number of phenols is 1. The van der Waals surface area contributed by atoms with Crippen molar-refractivity contribution in [2.45, 2.75) is 6.61 Å². The summed E-state index contributed by atoms with van der Waals surface area (Å²) in [6.07, 6.45) is 0. The third-order valence-electron chi connectivity index (χ3n) is 4.14. The normalized spacial score (nSPS) is 10.3. The minimum atomic E-state index is -0.681. The van der Waals surface area contributed by atoms with Crippen molar-refractivity contribution in [3.8, 4) is 11.5 Å². The zero-order chi connectivity index (χ0) is 20.8. The van der Waals surface area contributed by atoms with Crippen LogP contribution >= 0.6 is 11.6 Å². The van der Waals surface area contributed by atoms with Gasteiger partial charge in [0.25, 0.3) is 5.91 Å². The predicted molar refractivity (Wildman–Crippen MR) is 110 cm³/mol. The molecular formula is C22H18ClNO5. The van der Waals surface area contributed by atoms with Crippen LogP contribution in [0.15, 0.2) is 66.7 Å². The van der Waals surface area contributed by atoms with Gasteiger partial charge in [0.1, 0.15) is 23.7 Å². The van der Waals surface area contributed by atoms with Crippen LogP contribution in [-0.2, 0) is 11.3 Å². The first-order valence-corrected chi connectivity index (χ1v) is 9.05. The van der Waals surface area contributed by atoms with Crippen molar-refractivity contribution in [3.05, 3.63) is 88.4 Å². The number of carbonyl (C=O) groups is 2. The van der Waals surface area contributed by atoms with E-state index in [2.05, 4.69) is 5.32 Å². The molecule has 0 aliphatic carbocycles. The lowest BCUT2D eigenvalue weighted by atomic mass is 10.1. The minimum absolute atomic E-state index is 0.0287. The number of aromatic hydroxyl groups is 1. The number of rotatable bonds is 6. The summed E-state index contributed by atoms with van der Waals surface area (Å²) in [5, 5.41) is 12.6. The number of amides is 1. The van der Waals surface area contributed by atoms with Crippen molar-refractivity contribution in [1.82, 2.24) is 0 Å². The van der Waals surface area contributed by atoms with Crippen LogP contribution in [0.25, 0.3) is 0 Å². The second-order valence-corrected chi connectivity index (χ2v) is 6.47. The lowest BCUT2D eigenvalue weighted by molar-refractivity contribution is 0.0474. The maximum Gasteiger partial charge on any atom is 0.342 e. The summed E-state index contributed by atoms with van der Waals surface area (Å²) < 4.78 is 10.4. The van der Waals surface area contributed by atoms with Crippen molar-refractivity contribution in [2.24, 2.45) is 0 Å². The first kappa shape index (κ1) is 20.2. The number of esters is 1. The topological polar surface area (TPSA) is 84.9 Å². The highest BCUT2D eigenvalue weighted by Gasteiger charge is 2.20. The van der Waals surface area contributed by atoms with E-state index in [9.17, 15) is 14.7 Å². The maximum absolute atomic E-state index is 12.6. The number of benzene rings is 3. The third-order valence-corrected chi connectivity index (χ3v) is 4.46. The number of hydrogen-bond acceptors (Lipinski definition) is 5. The maximum atomic E-state index is 12.6. The minimum Gasteiger partial charge on any atom is -0.507 e. The van der Waals surface area contributed by atoms with Crippen molar-refractivity contribution < 1.29 is 24.2 Å². The van der Waals surface area contributed by atoms with Gasteiger partial charge in [0, 0.05) is 0 Å². The number of anilines is 1. The first-order valence-electron chi connectivity index (χ1n) is 8.67. The Labute approximate surface area is 172 Å². The van der Waals surface area contributed by atoms with Crippen molar-refractivity contribution in [1.29, 1.82) is 0 Å². The Morgan fingerprint density at radius 2 is 1.72 bits per heavy atom. The van der Waals surface area contributed by atoms with Gasteiger partial charge in [0.2, 0.25) is 0 Å². The van der Waals surface area contributed by atoms with Crippen LogP contribution in [0.5, 0.6) is 11.5 Å². The molecule has 0 aromatic heterocycles. The van der Waals surface area contributed by atoms with E-state index in [4.69, 9.17) is 21.1 Å². The summed E-state index contributed by atoms with van der Waals surface area (Å²) >= 11 is 6.19. The van der Waals surface area contributed by atoms with E-state index in [1.54, 1.807) is 49.6 Å². The SMILES string of the molecule is COc1ccc(COC(=O)c2c(Cl)cccc2NC(=O)c2ccccc2O)cc1. The quantitative estimate of drug-likeness (QED) is 0.576. The Kier molecular flexibility index (Phi) is 6.36. The van der Waals surface area contributed by atoms with E-state index in [0.29, 0.717) is 5.75 Å². The Morgan fingerprint density at radius 3 is 2.41 bits per heavy atom. The molecule has 0 saturated heterocycles. The van der Waals surface area contributed by atoms with Crippen LogP contribution in [0.4, 0.5) is 5.69 Å². The molecule has 0 aliphatic heterocycles.